The molecule has 1 aliphatic heterocycles. The van der Waals surface area contributed by atoms with Gasteiger partial charge in [-0.25, -0.2) is 4.39 Å². The molecule has 1 aliphatic rings. The molecule has 0 N–H and O–H groups in total. The molecule has 1 aromatic heterocycles. The van der Waals surface area contributed by atoms with Crippen LogP contribution in [0.1, 0.15) is 27.8 Å². The fourth-order valence-corrected chi connectivity index (χ4v) is 5.28. The summed E-state index contributed by atoms with van der Waals surface area (Å²) in [6, 6.07) is 16.7. The second kappa shape index (κ2) is 10.0. The molecule has 0 spiro atoms. The molecule has 1 fully saturated rings. The highest BCUT2D eigenvalue weighted by atomic mass is 35.5. The van der Waals surface area contributed by atoms with Gasteiger partial charge in [-0.15, -0.1) is 11.3 Å². The van der Waals surface area contributed by atoms with E-state index >= 15 is 0 Å². The number of benzene rings is 2. The molecule has 3 aromatic rings. The quantitative estimate of drug-likeness (QED) is 0.402. The van der Waals surface area contributed by atoms with E-state index in [0.29, 0.717) is 5.02 Å². The molecule has 31 heavy (non-hydrogen) atoms. The van der Waals surface area contributed by atoms with Gasteiger partial charge in [0.05, 0.1) is 5.02 Å². The standard InChI is InChI=1S/C25H28ClFN2OS/c1-18-17-22(19(2)31-18)24(30-25-6-4-3-5-23(25)26)11-12-28-13-15-29(16-14-28)21-9-7-20(27)8-10-21/h3-10,17,24H,11-16H2,1-2H3. The first-order valence-corrected chi connectivity index (χ1v) is 11.9. The normalized spacial score (nSPS) is 15.8. The molecule has 3 nitrogen and oxygen atoms in total. The SMILES string of the molecule is Cc1cc(C(CCN2CCN(c3ccc(F)cc3)CC2)Oc2ccccc2Cl)c(C)s1. The number of ether oxygens (including phenoxy) is 1. The van der Waals surface area contributed by atoms with Crippen LogP contribution < -0.4 is 9.64 Å². The van der Waals surface area contributed by atoms with Gasteiger partial charge in [0.1, 0.15) is 17.7 Å². The number of hydrogen-bond acceptors (Lipinski definition) is 4. The molecular formula is C25H28ClFN2OS. The number of hydrogen-bond donors (Lipinski definition) is 0. The Hall–Kier alpha value is -2.08. The van der Waals surface area contributed by atoms with Gasteiger partial charge >= 0.3 is 0 Å². The van der Waals surface area contributed by atoms with Gasteiger partial charge in [0.25, 0.3) is 0 Å². The highest BCUT2D eigenvalue weighted by molar-refractivity contribution is 7.12. The summed E-state index contributed by atoms with van der Waals surface area (Å²) in [6.07, 6.45) is 0.874. The maximum atomic E-state index is 13.2. The highest BCUT2D eigenvalue weighted by Crippen LogP contribution is 2.35. The molecule has 164 valence electrons. The number of anilines is 1. The van der Waals surface area contributed by atoms with Crippen molar-refractivity contribution in [2.45, 2.75) is 26.4 Å². The van der Waals surface area contributed by atoms with E-state index in [9.17, 15) is 4.39 Å². The fourth-order valence-electron chi connectivity index (χ4n) is 4.12. The van der Waals surface area contributed by atoms with E-state index in [-0.39, 0.29) is 11.9 Å². The predicted molar refractivity (Wildman–Crippen MR) is 128 cm³/mol. The number of nitrogens with zero attached hydrogens (tertiary/aromatic N) is 2. The van der Waals surface area contributed by atoms with Gasteiger partial charge in [-0.2, -0.15) is 0 Å². The molecule has 2 aromatic carbocycles. The summed E-state index contributed by atoms with van der Waals surface area (Å²) in [7, 11) is 0. The van der Waals surface area contributed by atoms with E-state index < -0.39 is 0 Å². The van der Waals surface area contributed by atoms with Crippen LogP contribution in [0.15, 0.2) is 54.6 Å². The molecule has 2 heterocycles. The number of rotatable bonds is 7. The van der Waals surface area contributed by atoms with Crippen molar-refractivity contribution < 1.29 is 9.13 Å². The Bertz CT molecular complexity index is 999. The van der Waals surface area contributed by atoms with Gasteiger partial charge in [0.15, 0.2) is 0 Å². The first kappa shape index (κ1) is 22.1. The van der Waals surface area contributed by atoms with Gasteiger partial charge in [0, 0.05) is 60.1 Å². The number of thiophene rings is 1. The molecule has 1 unspecified atom stereocenters. The minimum atomic E-state index is -0.189. The minimum absolute atomic E-state index is 0.0278. The third kappa shape index (κ3) is 5.59. The summed E-state index contributed by atoms with van der Waals surface area (Å²) >= 11 is 8.18. The first-order chi connectivity index (χ1) is 15.0. The van der Waals surface area contributed by atoms with Crippen LogP contribution in [0.5, 0.6) is 5.75 Å². The Labute approximate surface area is 193 Å². The highest BCUT2D eigenvalue weighted by Gasteiger charge is 2.22. The zero-order valence-corrected chi connectivity index (χ0v) is 19.6. The maximum Gasteiger partial charge on any atom is 0.138 e. The third-order valence-corrected chi connectivity index (χ3v) is 7.10. The van der Waals surface area contributed by atoms with Crippen LogP contribution in [0.4, 0.5) is 10.1 Å². The van der Waals surface area contributed by atoms with Crippen molar-refractivity contribution in [1.82, 2.24) is 4.90 Å². The lowest BCUT2D eigenvalue weighted by Gasteiger charge is -2.36. The largest absolute Gasteiger partial charge is 0.484 e. The van der Waals surface area contributed by atoms with Crippen LogP contribution in [0.3, 0.4) is 0 Å². The number of piperazine rings is 1. The van der Waals surface area contributed by atoms with Crippen molar-refractivity contribution in [3.63, 3.8) is 0 Å². The van der Waals surface area contributed by atoms with Crippen molar-refractivity contribution >= 4 is 28.6 Å². The lowest BCUT2D eigenvalue weighted by atomic mass is 10.1. The molecule has 1 saturated heterocycles. The molecule has 1 atom stereocenters. The van der Waals surface area contributed by atoms with E-state index in [4.69, 9.17) is 16.3 Å². The second-order valence-electron chi connectivity index (χ2n) is 8.00. The lowest BCUT2D eigenvalue weighted by molar-refractivity contribution is 0.160. The van der Waals surface area contributed by atoms with Crippen LogP contribution in [0.25, 0.3) is 0 Å². The second-order valence-corrected chi connectivity index (χ2v) is 9.87. The Kier molecular flexibility index (Phi) is 7.16. The Morgan fingerprint density at radius 3 is 2.39 bits per heavy atom. The van der Waals surface area contributed by atoms with E-state index in [1.165, 1.54) is 27.5 Å². The van der Waals surface area contributed by atoms with E-state index in [0.717, 1.165) is 50.6 Å². The average molecular weight is 459 g/mol. The summed E-state index contributed by atoms with van der Waals surface area (Å²) in [5, 5.41) is 0.644. The molecule has 0 saturated carbocycles. The number of halogens is 2. The first-order valence-electron chi connectivity index (χ1n) is 10.7. The molecule has 0 aliphatic carbocycles. The predicted octanol–water partition coefficient (Wildman–Crippen LogP) is 6.49. The minimum Gasteiger partial charge on any atom is -0.484 e. The van der Waals surface area contributed by atoms with Crippen molar-refractivity contribution in [1.29, 1.82) is 0 Å². The van der Waals surface area contributed by atoms with Crippen LogP contribution in [0, 0.1) is 19.7 Å². The van der Waals surface area contributed by atoms with Gasteiger partial charge in [-0.1, -0.05) is 23.7 Å². The summed E-state index contributed by atoms with van der Waals surface area (Å²) in [6.45, 7) is 9.12. The molecule has 6 heteroatoms. The van der Waals surface area contributed by atoms with Crippen LogP contribution in [0.2, 0.25) is 5.02 Å². The van der Waals surface area contributed by atoms with Gasteiger partial charge in [-0.3, -0.25) is 4.90 Å². The van der Waals surface area contributed by atoms with Crippen LogP contribution >= 0.6 is 22.9 Å². The zero-order valence-electron chi connectivity index (χ0n) is 18.0. The third-order valence-electron chi connectivity index (χ3n) is 5.80. The Morgan fingerprint density at radius 2 is 1.74 bits per heavy atom. The van der Waals surface area contributed by atoms with Gasteiger partial charge in [0.2, 0.25) is 0 Å². The van der Waals surface area contributed by atoms with Gasteiger partial charge < -0.3 is 9.64 Å². The topological polar surface area (TPSA) is 15.7 Å². The Morgan fingerprint density at radius 1 is 1.03 bits per heavy atom. The number of para-hydroxylation sites is 1. The van der Waals surface area contributed by atoms with Crippen molar-refractivity contribution in [2.75, 3.05) is 37.6 Å². The molecule has 0 radical (unpaired) electrons. The van der Waals surface area contributed by atoms with E-state index in [1.54, 1.807) is 0 Å². The molecule has 4 rings (SSSR count). The monoisotopic (exact) mass is 458 g/mol. The fraction of sp³-hybridized carbons (Fsp3) is 0.360. The zero-order chi connectivity index (χ0) is 21.8. The van der Waals surface area contributed by atoms with Crippen LogP contribution in [-0.2, 0) is 0 Å². The number of aryl methyl sites for hydroxylation is 2. The van der Waals surface area contributed by atoms with Crippen LogP contribution in [-0.4, -0.2) is 37.6 Å². The van der Waals surface area contributed by atoms with E-state index in [2.05, 4.69) is 29.7 Å². The summed E-state index contributed by atoms with van der Waals surface area (Å²) < 4.78 is 19.6. The average Bonchev–Trinajstić information content (AvgIpc) is 3.11. The lowest BCUT2D eigenvalue weighted by Crippen LogP contribution is -2.46. The summed E-state index contributed by atoms with van der Waals surface area (Å²) in [5.74, 6) is 0.546. The van der Waals surface area contributed by atoms with Gasteiger partial charge in [-0.05, 0) is 56.3 Å². The smallest absolute Gasteiger partial charge is 0.138 e. The maximum absolute atomic E-state index is 13.2. The van der Waals surface area contributed by atoms with Crippen molar-refractivity contribution in [3.8, 4) is 5.75 Å². The molecular weight excluding hydrogens is 431 g/mol. The molecule has 0 amide bonds. The molecule has 0 bridgehead atoms. The van der Waals surface area contributed by atoms with Crippen molar-refractivity contribution in [2.24, 2.45) is 0 Å². The van der Waals surface area contributed by atoms with Crippen molar-refractivity contribution in [3.05, 3.63) is 80.8 Å². The summed E-state index contributed by atoms with van der Waals surface area (Å²) in [4.78, 5) is 7.40. The van der Waals surface area contributed by atoms with E-state index in [1.807, 2.05) is 47.7 Å². The Balaban J connectivity index is 1.39. The summed E-state index contributed by atoms with van der Waals surface area (Å²) in [5.41, 5.74) is 2.35.